The number of allylic oxidation sites excluding steroid dienone is 1. The molecule has 3 spiro atoms. The summed E-state index contributed by atoms with van der Waals surface area (Å²) >= 11 is 0. The van der Waals surface area contributed by atoms with E-state index in [2.05, 4.69) is 12.2 Å². The van der Waals surface area contributed by atoms with Crippen molar-refractivity contribution in [3.05, 3.63) is 48.3 Å². The summed E-state index contributed by atoms with van der Waals surface area (Å²) in [6.45, 7) is 4.37. The molecule has 2 saturated carbocycles. The third kappa shape index (κ3) is 6.93. The fourth-order valence-corrected chi connectivity index (χ4v) is 16.5. The first-order valence-electron chi connectivity index (χ1n) is 22.6. The summed E-state index contributed by atoms with van der Waals surface area (Å²) in [4.78, 5) is 12.9. The maximum absolute atomic E-state index is 13.7. The van der Waals surface area contributed by atoms with E-state index < -0.39 is 76.5 Å². The second-order valence-corrected chi connectivity index (χ2v) is 21.6. The molecule has 6 bridgehead atoms. The van der Waals surface area contributed by atoms with Crippen molar-refractivity contribution >= 4 is 38.5 Å². The van der Waals surface area contributed by atoms with Gasteiger partial charge in [-0.25, -0.2) is 0 Å². The van der Waals surface area contributed by atoms with Crippen LogP contribution < -0.4 is 14.8 Å². The third-order valence-electron chi connectivity index (χ3n) is 15.4. The second kappa shape index (κ2) is 16.9. The summed E-state index contributed by atoms with van der Waals surface area (Å²) in [6, 6.07) is 3.74. The van der Waals surface area contributed by atoms with Gasteiger partial charge >= 0.3 is 5.97 Å². The van der Waals surface area contributed by atoms with E-state index in [0.717, 1.165) is 51.4 Å². The molecule has 1 aromatic heterocycles. The van der Waals surface area contributed by atoms with Crippen molar-refractivity contribution in [1.82, 2.24) is 5.32 Å². The summed E-state index contributed by atoms with van der Waals surface area (Å²) in [5.74, 6) is -4.90. The molecule has 4 fully saturated rings. The predicted octanol–water partition coefficient (Wildman–Crippen LogP) is 5.11. The predicted molar refractivity (Wildman–Crippen MR) is 231 cm³/mol. The van der Waals surface area contributed by atoms with Crippen LogP contribution in [0.25, 0.3) is 11.0 Å². The van der Waals surface area contributed by atoms with Gasteiger partial charge in [-0.3, -0.25) is 4.79 Å². The molecule has 13 nitrogen and oxygen atoms in total. The SMILES string of the molecule is CCOC(=O)CCc1cc2ccoc2c2c1OC13C=CC4SSC5(CCCCC5)C(CCC(C)CCCC(O)C4(O1)C1(O)CC4C=CC(O)C(CO)C4C3(O)C1O)NCCO2. The largest absolute Gasteiger partial charge is 0.485 e. The molecule has 15 heteroatoms. The van der Waals surface area contributed by atoms with Crippen molar-refractivity contribution in [3.63, 3.8) is 0 Å². The van der Waals surface area contributed by atoms with Crippen LogP contribution in [-0.4, -0.2) is 120 Å². The number of esters is 1. The van der Waals surface area contributed by atoms with E-state index in [4.69, 9.17) is 23.4 Å². The molecule has 1 aromatic carbocycles. The van der Waals surface area contributed by atoms with Crippen molar-refractivity contribution in [3.8, 4) is 11.5 Å². The lowest BCUT2D eigenvalue weighted by Gasteiger charge is -2.72. The van der Waals surface area contributed by atoms with Crippen LogP contribution in [-0.2, 0) is 20.7 Å². The van der Waals surface area contributed by atoms with Crippen LogP contribution in [0.2, 0.25) is 0 Å². The highest BCUT2D eigenvalue weighted by molar-refractivity contribution is 8.77. The zero-order valence-corrected chi connectivity index (χ0v) is 36.8. The molecule has 2 saturated heterocycles. The zero-order chi connectivity index (χ0) is 42.8. The van der Waals surface area contributed by atoms with Crippen LogP contribution in [0.4, 0.5) is 0 Å². The molecule has 61 heavy (non-hydrogen) atoms. The Kier molecular flexibility index (Phi) is 12.2. The van der Waals surface area contributed by atoms with Gasteiger partial charge in [-0.05, 0) is 87.5 Å². The lowest BCUT2D eigenvalue weighted by atomic mass is 9.46. The Balaban J connectivity index is 1.31. The van der Waals surface area contributed by atoms with Gasteiger partial charge in [-0.1, -0.05) is 78.8 Å². The molecular formula is C46H63NO12S2. The topological polar surface area (TPSA) is 201 Å². The number of ether oxygens (including phenoxy) is 4. The van der Waals surface area contributed by atoms with Crippen molar-refractivity contribution in [2.24, 2.45) is 23.7 Å². The maximum Gasteiger partial charge on any atom is 0.306 e. The van der Waals surface area contributed by atoms with Gasteiger partial charge in [0.15, 0.2) is 16.9 Å². The van der Waals surface area contributed by atoms with Crippen LogP contribution in [0.1, 0.15) is 96.5 Å². The van der Waals surface area contributed by atoms with Crippen LogP contribution in [0.3, 0.4) is 0 Å². The average molecular weight is 886 g/mol. The van der Waals surface area contributed by atoms with E-state index in [1.54, 1.807) is 59.1 Å². The highest BCUT2D eigenvalue weighted by Crippen LogP contribution is 2.68. The van der Waals surface area contributed by atoms with Gasteiger partial charge < -0.3 is 59.3 Å². The van der Waals surface area contributed by atoms with Gasteiger partial charge in [0, 0.05) is 47.6 Å². The Morgan fingerprint density at radius 1 is 1.02 bits per heavy atom. The van der Waals surface area contributed by atoms with Crippen molar-refractivity contribution in [1.29, 1.82) is 0 Å². The van der Waals surface area contributed by atoms with Crippen molar-refractivity contribution in [2.75, 3.05) is 26.4 Å². The summed E-state index contributed by atoms with van der Waals surface area (Å²) in [5.41, 5.74) is -5.86. The minimum absolute atomic E-state index is 0.0139. The quantitative estimate of drug-likeness (QED) is 0.119. The normalized spacial score (nSPS) is 42.0. The zero-order valence-electron chi connectivity index (χ0n) is 35.2. The first kappa shape index (κ1) is 43.9. The van der Waals surface area contributed by atoms with Crippen LogP contribution in [0.5, 0.6) is 11.5 Å². The minimum Gasteiger partial charge on any atom is -0.485 e. The number of aryl methyl sites for hydroxylation is 1. The smallest absolute Gasteiger partial charge is 0.306 e. The lowest BCUT2D eigenvalue weighted by molar-refractivity contribution is -0.457. The van der Waals surface area contributed by atoms with Gasteiger partial charge in [-0.15, -0.1) is 0 Å². The minimum atomic E-state index is -2.54. The lowest BCUT2D eigenvalue weighted by Crippen LogP contribution is -2.91. The van der Waals surface area contributed by atoms with Gasteiger partial charge in [0.25, 0.3) is 5.79 Å². The molecule has 5 aliphatic heterocycles. The highest BCUT2D eigenvalue weighted by Gasteiger charge is 2.84. The molecule has 3 aliphatic carbocycles. The first-order chi connectivity index (χ1) is 29.4. The monoisotopic (exact) mass is 885 g/mol. The highest BCUT2D eigenvalue weighted by atomic mass is 33.1. The first-order valence-corrected chi connectivity index (χ1v) is 24.8. The maximum atomic E-state index is 13.7. The number of hydrogen-bond acceptors (Lipinski definition) is 15. The number of carbonyl (C=O) groups is 1. The molecule has 8 aliphatic rings. The molecule has 13 atom stereocenters. The summed E-state index contributed by atoms with van der Waals surface area (Å²) in [7, 11) is 3.34. The molecule has 6 heterocycles. The van der Waals surface area contributed by atoms with Crippen LogP contribution in [0.15, 0.2) is 47.1 Å². The van der Waals surface area contributed by atoms with Gasteiger partial charge in [0.1, 0.15) is 23.9 Å². The summed E-state index contributed by atoms with van der Waals surface area (Å²) in [5, 5.41) is 79.5. The molecule has 0 radical (unpaired) electrons. The molecule has 336 valence electrons. The van der Waals surface area contributed by atoms with Gasteiger partial charge in [-0.2, -0.15) is 0 Å². The van der Waals surface area contributed by atoms with Crippen LogP contribution in [0, 0.1) is 23.7 Å². The van der Waals surface area contributed by atoms with Gasteiger partial charge in [0.2, 0.25) is 5.75 Å². The standard InChI is InChI=1S/C46H63NO12S2/c1-3-55-36(51)15-12-28-24-29-17-22-56-38(29)40-39(28)58-44-20-16-35-46(59-44,43(53)25-30-11-13-32(49)31(26-48)37(30)45(44,54)41(43)52)34(50)9-7-8-27(2)10-14-33(47-21-23-57-40)42(61-60-35)18-5-4-6-19-42/h11,13,16-17,20,22,24,27,30-35,37,41,47-50,52-54H,3-10,12,14-15,18-19,21,23,25-26H2,1-2H3. The Hall–Kier alpha value is -2.31. The molecule has 2 aromatic rings. The Bertz CT molecular complexity index is 1990. The molecular weight excluding hydrogens is 823 g/mol. The molecule has 0 amide bonds. The average Bonchev–Trinajstić information content (AvgIpc) is 3.72. The van der Waals surface area contributed by atoms with E-state index in [9.17, 15) is 35.4 Å². The number of furan rings is 1. The third-order valence-corrected chi connectivity index (χ3v) is 19.2. The number of rotatable bonds is 5. The Morgan fingerprint density at radius 3 is 2.62 bits per heavy atom. The Morgan fingerprint density at radius 2 is 1.84 bits per heavy atom. The number of nitrogens with one attached hydrogen (secondary N) is 1. The number of carbonyl (C=O) groups excluding carboxylic acids is 1. The van der Waals surface area contributed by atoms with E-state index >= 15 is 0 Å². The van der Waals surface area contributed by atoms with E-state index in [-0.39, 0.29) is 61.2 Å². The summed E-state index contributed by atoms with van der Waals surface area (Å²) in [6.07, 6.45) is 12.7. The fraction of sp³-hybridized carbons (Fsp3) is 0.717. The number of aliphatic hydroxyl groups excluding tert-OH is 4. The van der Waals surface area contributed by atoms with Gasteiger partial charge in [0.05, 0.1) is 30.3 Å². The molecule has 13 unspecified atom stereocenters. The van der Waals surface area contributed by atoms with Crippen molar-refractivity contribution in [2.45, 2.75) is 154 Å². The van der Waals surface area contributed by atoms with Crippen molar-refractivity contribution < 1.29 is 58.8 Å². The number of fused-ring (bicyclic) bond motifs is 8. The number of hydrogen-bond donors (Lipinski definition) is 7. The number of aliphatic hydroxyl groups is 6. The van der Waals surface area contributed by atoms with E-state index in [1.165, 1.54) is 0 Å². The van der Waals surface area contributed by atoms with Crippen LogP contribution >= 0.6 is 21.6 Å². The van der Waals surface area contributed by atoms with E-state index in [1.807, 2.05) is 12.1 Å². The number of benzene rings is 1. The molecule has 7 N–H and O–H groups in total. The summed E-state index contributed by atoms with van der Waals surface area (Å²) < 4.78 is 32.6. The molecule has 10 rings (SSSR count). The van der Waals surface area contributed by atoms with E-state index in [0.29, 0.717) is 35.4 Å². The second-order valence-electron chi connectivity index (χ2n) is 18.8. The fourth-order valence-electron chi connectivity index (χ4n) is 12.3. The Labute approximate surface area is 365 Å².